The molecule has 0 N–H and O–H groups in total. The zero-order chi connectivity index (χ0) is 15.7. The summed E-state index contributed by atoms with van der Waals surface area (Å²) in [5, 5.41) is 9.17. The Morgan fingerprint density at radius 3 is 2.64 bits per heavy atom. The van der Waals surface area contributed by atoms with Crippen molar-refractivity contribution in [3.63, 3.8) is 0 Å². The van der Waals surface area contributed by atoms with Gasteiger partial charge in [0.15, 0.2) is 0 Å². The summed E-state index contributed by atoms with van der Waals surface area (Å²) in [7, 11) is 0. The first-order valence-corrected chi connectivity index (χ1v) is 6.77. The lowest BCUT2D eigenvalue weighted by Gasteiger charge is -2.18. The molecule has 0 saturated carbocycles. The van der Waals surface area contributed by atoms with Gasteiger partial charge in [-0.1, -0.05) is 24.3 Å². The third-order valence-electron chi connectivity index (χ3n) is 3.69. The predicted octanol–water partition coefficient (Wildman–Crippen LogP) is 4.62. The van der Waals surface area contributed by atoms with E-state index in [2.05, 4.69) is 11.1 Å². The van der Waals surface area contributed by atoms with E-state index >= 15 is 0 Å². The number of halogens is 3. The van der Waals surface area contributed by atoms with Crippen LogP contribution in [0.5, 0.6) is 0 Å². The third-order valence-corrected chi connectivity index (χ3v) is 3.69. The zero-order valence-corrected chi connectivity index (χ0v) is 11.5. The van der Waals surface area contributed by atoms with Gasteiger partial charge in [0.2, 0.25) is 0 Å². The van der Waals surface area contributed by atoms with Crippen LogP contribution in [-0.4, -0.2) is 4.98 Å². The van der Waals surface area contributed by atoms with Gasteiger partial charge in [-0.2, -0.15) is 18.4 Å². The number of alkyl halides is 3. The molecule has 1 aromatic carbocycles. The average molecular weight is 300 g/mol. The quantitative estimate of drug-likeness (QED) is 0.770. The molecule has 22 heavy (non-hydrogen) atoms. The Hall–Kier alpha value is -2.61. The lowest BCUT2D eigenvalue weighted by Crippen LogP contribution is -2.08. The van der Waals surface area contributed by atoms with Crippen molar-refractivity contribution < 1.29 is 13.2 Å². The van der Waals surface area contributed by atoms with E-state index in [9.17, 15) is 18.4 Å². The number of pyridine rings is 1. The molecule has 1 aliphatic carbocycles. The van der Waals surface area contributed by atoms with Crippen molar-refractivity contribution in [3.05, 3.63) is 59.4 Å². The SMILES string of the molecule is N#CC1=CCCc2c1cccc2-c1ccnc(C(F)(F)F)c1. The molecule has 3 rings (SSSR count). The Morgan fingerprint density at radius 2 is 1.91 bits per heavy atom. The molecule has 0 amide bonds. The van der Waals surface area contributed by atoms with Crippen molar-refractivity contribution in [2.24, 2.45) is 0 Å². The summed E-state index contributed by atoms with van der Waals surface area (Å²) in [6, 6.07) is 10.1. The van der Waals surface area contributed by atoms with Crippen LogP contribution < -0.4 is 0 Å². The first-order chi connectivity index (χ1) is 10.5. The summed E-state index contributed by atoms with van der Waals surface area (Å²) in [6.45, 7) is 0. The molecule has 1 aromatic heterocycles. The highest BCUT2D eigenvalue weighted by atomic mass is 19.4. The average Bonchev–Trinajstić information content (AvgIpc) is 2.53. The first kappa shape index (κ1) is 14.3. The van der Waals surface area contributed by atoms with Crippen LogP contribution in [0.1, 0.15) is 23.2 Å². The van der Waals surface area contributed by atoms with E-state index in [0.29, 0.717) is 24.0 Å². The number of nitriles is 1. The van der Waals surface area contributed by atoms with Crippen LogP contribution in [0.15, 0.2) is 42.6 Å². The minimum atomic E-state index is -4.47. The van der Waals surface area contributed by atoms with Crippen LogP contribution in [0.2, 0.25) is 0 Å². The van der Waals surface area contributed by atoms with Gasteiger partial charge < -0.3 is 0 Å². The number of nitrogens with zero attached hydrogens (tertiary/aromatic N) is 2. The van der Waals surface area contributed by atoms with E-state index in [4.69, 9.17) is 0 Å². The maximum Gasteiger partial charge on any atom is 0.433 e. The number of fused-ring (bicyclic) bond motifs is 1. The molecule has 0 spiro atoms. The summed E-state index contributed by atoms with van der Waals surface area (Å²) in [5.41, 5.74) is 2.59. The molecule has 110 valence electrons. The lowest BCUT2D eigenvalue weighted by atomic mass is 9.86. The number of rotatable bonds is 1. The van der Waals surface area contributed by atoms with Crippen LogP contribution in [0.4, 0.5) is 13.2 Å². The summed E-state index contributed by atoms with van der Waals surface area (Å²) < 4.78 is 38.5. The molecule has 1 aliphatic rings. The molecule has 0 aliphatic heterocycles. The smallest absolute Gasteiger partial charge is 0.252 e. The fourth-order valence-electron chi connectivity index (χ4n) is 2.71. The van der Waals surface area contributed by atoms with Gasteiger partial charge in [-0.25, -0.2) is 0 Å². The van der Waals surface area contributed by atoms with Crippen LogP contribution >= 0.6 is 0 Å². The monoisotopic (exact) mass is 300 g/mol. The van der Waals surface area contributed by atoms with Gasteiger partial charge in [-0.15, -0.1) is 0 Å². The Bertz CT molecular complexity index is 798. The Morgan fingerprint density at radius 1 is 1.14 bits per heavy atom. The maximum atomic E-state index is 12.8. The number of allylic oxidation sites excluding steroid dienone is 2. The lowest BCUT2D eigenvalue weighted by molar-refractivity contribution is -0.141. The second-order valence-corrected chi connectivity index (χ2v) is 5.03. The van der Waals surface area contributed by atoms with Crippen LogP contribution in [0.25, 0.3) is 16.7 Å². The van der Waals surface area contributed by atoms with Gasteiger partial charge in [0.05, 0.1) is 11.6 Å². The van der Waals surface area contributed by atoms with Gasteiger partial charge in [0.25, 0.3) is 0 Å². The normalized spacial score (nSPS) is 14.0. The summed E-state index contributed by atoms with van der Waals surface area (Å²) in [4.78, 5) is 3.39. The van der Waals surface area contributed by atoms with E-state index in [0.717, 1.165) is 22.8 Å². The van der Waals surface area contributed by atoms with Crippen molar-refractivity contribution >= 4 is 5.57 Å². The minimum Gasteiger partial charge on any atom is -0.252 e. The van der Waals surface area contributed by atoms with Gasteiger partial charge in [-0.3, -0.25) is 4.98 Å². The van der Waals surface area contributed by atoms with Crippen molar-refractivity contribution in [2.75, 3.05) is 0 Å². The van der Waals surface area contributed by atoms with E-state index in [1.807, 2.05) is 12.1 Å². The molecule has 2 nitrogen and oxygen atoms in total. The maximum absolute atomic E-state index is 12.8. The Kier molecular flexibility index (Phi) is 3.45. The summed E-state index contributed by atoms with van der Waals surface area (Å²) >= 11 is 0. The Labute approximate surface area is 125 Å². The van der Waals surface area contributed by atoms with Crippen molar-refractivity contribution in [2.45, 2.75) is 19.0 Å². The molecule has 0 unspecified atom stereocenters. The second-order valence-electron chi connectivity index (χ2n) is 5.03. The van der Waals surface area contributed by atoms with Crippen molar-refractivity contribution in [3.8, 4) is 17.2 Å². The van der Waals surface area contributed by atoms with E-state index in [1.54, 1.807) is 18.2 Å². The first-order valence-electron chi connectivity index (χ1n) is 6.77. The summed E-state index contributed by atoms with van der Waals surface area (Å²) in [5.74, 6) is 0. The molecule has 1 heterocycles. The molecular formula is C17H11F3N2. The van der Waals surface area contributed by atoms with E-state index in [1.165, 1.54) is 6.20 Å². The molecule has 2 aromatic rings. The van der Waals surface area contributed by atoms with Gasteiger partial charge in [-0.05, 0) is 47.2 Å². The molecule has 0 bridgehead atoms. The minimum absolute atomic E-state index is 0.471. The number of aromatic nitrogens is 1. The fraction of sp³-hybridized carbons (Fsp3) is 0.176. The zero-order valence-electron chi connectivity index (χ0n) is 11.5. The topological polar surface area (TPSA) is 36.7 Å². The summed E-state index contributed by atoms with van der Waals surface area (Å²) in [6.07, 6.45) is -0.0196. The number of hydrogen-bond acceptors (Lipinski definition) is 2. The van der Waals surface area contributed by atoms with Crippen LogP contribution in [0, 0.1) is 11.3 Å². The largest absolute Gasteiger partial charge is 0.433 e. The van der Waals surface area contributed by atoms with Gasteiger partial charge >= 0.3 is 6.18 Å². The molecule has 0 atom stereocenters. The van der Waals surface area contributed by atoms with E-state index < -0.39 is 11.9 Å². The Balaban J connectivity index is 2.15. The number of hydrogen-bond donors (Lipinski definition) is 0. The third kappa shape index (κ3) is 2.48. The van der Waals surface area contributed by atoms with E-state index in [-0.39, 0.29) is 0 Å². The second kappa shape index (κ2) is 5.30. The van der Waals surface area contributed by atoms with Crippen molar-refractivity contribution in [1.29, 1.82) is 5.26 Å². The number of benzene rings is 1. The fourth-order valence-corrected chi connectivity index (χ4v) is 2.71. The highest BCUT2D eigenvalue weighted by Gasteiger charge is 2.32. The molecule has 0 fully saturated rings. The molecular weight excluding hydrogens is 289 g/mol. The molecule has 0 saturated heterocycles. The van der Waals surface area contributed by atoms with Gasteiger partial charge in [0.1, 0.15) is 5.69 Å². The highest BCUT2D eigenvalue weighted by Crippen LogP contribution is 2.36. The standard InChI is InChI=1S/C17H11F3N2/c18-17(19,20)16-9-11(7-8-22-16)13-4-2-5-14-12(10-21)3-1-6-15(13)14/h2-5,7-9H,1,6H2. The van der Waals surface area contributed by atoms with Gasteiger partial charge in [0, 0.05) is 6.20 Å². The predicted molar refractivity (Wildman–Crippen MR) is 76.6 cm³/mol. The molecule has 0 radical (unpaired) electrons. The van der Waals surface area contributed by atoms with Crippen molar-refractivity contribution in [1.82, 2.24) is 4.98 Å². The van der Waals surface area contributed by atoms with Crippen LogP contribution in [-0.2, 0) is 12.6 Å². The molecule has 5 heteroatoms. The highest BCUT2D eigenvalue weighted by molar-refractivity contribution is 5.84. The van der Waals surface area contributed by atoms with Crippen LogP contribution in [0.3, 0.4) is 0 Å².